The van der Waals surface area contributed by atoms with Gasteiger partial charge in [0, 0.05) is 13.0 Å². The Labute approximate surface area is 221 Å². The van der Waals surface area contributed by atoms with Crippen molar-refractivity contribution in [2.45, 2.75) is 111 Å². The summed E-state index contributed by atoms with van der Waals surface area (Å²) in [5.41, 5.74) is 1.22. The van der Waals surface area contributed by atoms with Crippen LogP contribution in [0, 0.1) is 64.1 Å². The maximum Gasteiger partial charge on any atom is 0.191 e. The van der Waals surface area contributed by atoms with E-state index in [1.54, 1.807) is 0 Å². The summed E-state index contributed by atoms with van der Waals surface area (Å²) in [6.07, 6.45) is 8.13. The molecule has 4 heteroatoms. The van der Waals surface area contributed by atoms with Gasteiger partial charge in [0.15, 0.2) is 14.1 Å². The molecule has 0 radical (unpaired) electrons. The van der Waals surface area contributed by atoms with E-state index >= 15 is 0 Å². The van der Waals surface area contributed by atoms with Gasteiger partial charge in [-0.2, -0.15) is 0 Å². The van der Waals surface area contributed by atoms with Crippen molar-refractivity contribution in [1.29, 1.82) is 0 Å². The molecule has 0 aromatic rings. The van der Waals surface area contributed by atoms with Crippen LogP contribution in [-0.4, -0.2) is 31.4 Å². The minimum Gasteiger partial charge on any atom is -0.417 e. The van der Waals surface area contributed by atoms with Crippen molar-refractivity contribution >= 4 is 14.1 Å². The smallest absolute Gasteiger partial charge is 0.191 e. The van der Waals surface area contributed by atoms with E-state index in [1.165, 1.54) is 12.0 Å². The number of carbonyl (C=O) groups is 1. The van der Waals surface area contributed by atoms with E-state index in [2.05, 4.69) is 67.6 Å². The quantitative estimate of drug-likeness (QED) is 0.311. The molecule has 0 aromatic heterocycles. The molecule has 0 aliphatic heterocycles. The van der Waals surface area contributed by atoms with Crippen molar-refractivity contribution in [3.8, 4) is 0 Å². The first kappa shape index (κ1) is 25.8. The molecule has 1 N–H and O–H groups in total. The maximum absolute atomic E-state index is 12.6. The van der Waals surface area contributed by atoms with Crippen molar-refractivity contribution in [1.82, 2.24) is 0 Å². The van der Waals surface area contributed by atoms with Crippen LogP contribution in [0.25, 0.3) is 0 Å². The highest BCUT2D eigenvalue weighted by molar-refractivity contribution is 6.74. The monoisotopic (exact) mass is 512 g/mol. The number of aliphatic hydroxyl groups is 1. The van der Waals surface area contributed by atoms with Gasteiger partial charge in [0.1, 0.15) is 0 Å². The molecule has 0 amide bonds. The van der Waals surface area contributed by atoms with Crippen LogP contribution in [0.3, 0.4) is 0 Å². The Morgan fingerprint density at radius 2 is 1.75 bits per heavy atom. The Balaban J connectivity index is 1.26. The zero-order chi connectivity index (χ0) is 26.2. The van der Waals surface area contributed by atoms with Crippen molar-refractivity contribution in [2.24, 2.45) is 64.1 Å². The van der Waals surface area contributed by atoms with Crippen LogP contribution < -0.4 is 0 Å². The number of carbonyl (C=O) groups excluding carboxylic acids is 1. The average molecular weight is 513 g/mol. The molecular weight excluding hydrogens is 460 g/mol. The second-order valence-corrected chi connectivity index (χ2v) is 21.0. The SMILES string of the molecule is CC1C2C3=CC(=O)CCC3(C)C3CCC4(C)C(C3C12)C1C(C)C1C4(O)CCCO[Si](C)(C)C(C)(C)C. The fourth-order valence-corrected chi connectivity index (χ4v) is 11.9. The fraction of sp³-hybridized carbons (Fsp3) is 0.906. The van der Waals surface area contributed by atoms with E-state index in [9.17, 15) is 9.90 Å². The van der Waals surface area contributed by atoms with E-state index in [1.807, 2.05) is 0 Å². The minimum atomic E-state index is -1.75. The van der Waals surface area contributed by atoms with Crippen LogP contribution >= 0.6 is 0 Å². The third-order valence-electron chi connectivity index (χ3n) is 13.9. The maximum atomic E-state index is 12.6. The predicted octanol–water partition coefficient (Wildman–Crippen LogP) is 7.26. The first-order chi connectivity index (χ1) is 16.6. The van der Waals surface area contributed by atoms with E-state index in [-0.39, 0.29) is 15.9 Å². The van der Waals surface area contributed by atoms with Gasteiger partial charge in [0.05, 0.1) is 5.60 Å². The minimum absolute atomic E-state index is 0.0297. The molecule has 0 saturated heterocycles. The predicted molar refractivity (Wildman–Crippen MR) is 148 cm³/mol. The van der Waals surface area contributed by atoms with Crippen LogP contribution in [0.15, 0.2) is 11.6 Å². The number of fused-ring (bicyclic) bond motifs is 10. The second kappa shape index (κ2) is 7.60. The van der Waals surface area contributed by atoms with Crippen LogP contribution in [0.5, 0.6) is 0 Å². The highest BCUT2D eigenvalue weighted by atomic mass is 28.4. The number of rotatable bonds is 5. The molecule has 202 valence electrons. The van der Waals surface area contributed by atoms with Gasteiger partial charge in [0.25, 0.3) is 0 Å². The fourth-order valence-electron chi connectivity index (χ4n) is 10.8. The number of allylic oxidation sites excluding steroid dienone is 1. The lowest BCUT2D eigenvalue weighted by Crippen LogP contribution is -2.58. The van der Waals surface area contributed by atoms with Crippen LogP contribution in [0.2, 0.25) is 18.1 Å². The Hall–Kier alpha value is -0.453. The van der Waals surface area contributed by atoms with Gasteiger partial charge in [-0.1, -0.05) is 54.0 Å². The average Bonchev–Trinajstić information content (AvgIpc) is 3.62. The van der Waals surface area contributed by atoms with Gasteiger partial charge in [-0.25, -0.2) is 0 Å². The molecule has 12 atom stereocenters. The van der Waals surface area contributed by atoms with Crippen molar-refractivity contribution in [2.75, 3.05) is 6.61 Å². The first-order valence-corrected chi connectivity index (χ1v) is 18.1. The zero-order valence-electron chi connectivity index (χ0n) is 24.5. The molecular formula is C32H52O3Si. The Morgan fingerprint density at radius 1 is 1.06 bits per heavy atom. The van der Waals surface area contributed by atoms with E-state index in [0.29, 0.717) is 47.2 Å². The zero-order valence-corrected chi connectivity index (χ0v) is 25.5. The molecule has 0 spiro atoms. The summed E-state index contributed by atoms with van der Waals surface area (Å²) in [5.74, 6) is 6.33. The van der Waals surface area contributed by atoms with Crippen LogP contribution in [0.1, 0.15) is 87.0 Å². The molecule has 0 aromatic carbocycles. The first-order valence-electron chi connectivity index (χ1n) is 15.2. The topological polar surface area (TPSA) is 46.5 Å². The van der Waals surface area contributed by atoms with Gasteiger partial charge in [-0.15, -0.1) is 0 Å². The molecule has 5 saturated carbocycles. The number of hydrogen-bond donors (Lipinski definition) is 1. The number of hydrogen-bond acceptors (Lipinski definition) is 3. The van der Waals surface area contributed by atoms with E-state index < -0.39 is 13.9 Å². The summed E-state index contributed by atoms with van der Waals surface area (Å²) in [6, 6.07) is 0. The third-order valence-corrected chi connectivity index (χ3v) is 18.4. The largest absolute Gasteiger partial charge is 0.417 e. The van der Waals surface area contributed by atoms with Crippen molar-refractivity contribution < 1.29 is 14.3 Å². The highest BCUT2D eigenvalue weighted by Crippen LogP contribution is 2.83. The lowest BCUT2D eigenvalue weighted by atomic mass is 9.45. The van der Waals surface area contributed by atoms with Crippen molar-refractivity contribution in [3.05, 3.63) is 11.6 Å². The van der Waals surface area contributed by atoms with E-state index in [0.717, 1.165) is 50.5 Å². The van der Waals surface area contributed by atoms with Gasteiger partial charge < -0.3 is 9.53 Å². The molecule has 6 aliphatic rings. The van der Waals surface area contributed by atoms with Gasteiger partial charge in [-0.05, 0) is 120 Å². The van der Waals surface area contributed by atoms with Crippen LogP contribution in [0.4, 0.5) is 0 Å². The molecule has 36 heavy (non-hydrogen) atoms. The van der Waals surface area contributed by atoms with Gasteiger partial charge in [0.2, 0.25) is 0 Å². The molecule has 0 bridgehead atoms. The summed E-state index contributed by atoms with van der Waals surface area (Å²) >= 11 is 0. The van der Waals surface area contributed by atoms with Crippen LogP contribution in [-0.2, 0) is 9.22 Å². The summed E-state index contributed by atoms with van der Waals surface area (Å²) in [4.78, 5) is 12.4. The van der Waals surface area contributed by atoms with E-state index in [4.69, 9.17) is 4.43 Å². The Kier molecular flexibility index (Phi) is 5.44. The Morgan fingerprint density at radius 3 is 2.42 bits per heavy atom. The molecule has 12 unspecified atom stereocenters. The lowest BCUT2D eigenvalue weighted by molar-refractivity contribution is -0.160. The summed E-state index contributed by atoms with van der Waals surface area (Å²) in [5, 5.41) is 12.8. The van der Waals surface area contributed by atoms with Gasteiger partial charge >= 0.3 is 0 Å². The Bertz CT molecular complexity index is 994. The molecule has 6 rings (SSSR count). The summed E-state index contributed by atoms with van der Waals surface area (Å²) in [7, 11) is -1.75. The second-order valence-electron chi connectivity index (χ2n) is 16.2. The lowest BCUT2D eigenvalue weighted by Gasteiger charge is -2.60. The highest BCUT2D eigenvalue weighted by Gasteiger charge is 2.81. The molecule has 5 fully saturated rings. The number of ketones is 1. The van der Waals surface area contributed by atoms with Crippen molar-refractivity contribution in [3.63, 3.8) is 0 Å². The molecule has 6 aliphatic carbocycles. The standard InChI is InChI=1S/C32H52O3Si/c1-18-23-22-17-20(33)11-14-30(22,6)21-12-15-31(7)28(26(21)24(18)23)25-19(2)27(25)32(31,34)13-10-16-35-36(8,9)29(3,4)5/h17-19,21,23-28,34H,10-16H2,1-9H3. The van der Waals surface area contributed by atoms with Gasteiger partial charge in [-0.3, -0.25) is 4.79 Å². The third kappa shape index (κ3) is 3.13. The molecule has 3 nitrogen and oxygen atoms in total. The summed E-state index contributed by atoms with van der Waals surface area (Å²) in [6.45, 7) is 22.3. The normalized spacial score (nSPS) is 53.0. The molecule has 0 heterocycles. The summed E-state index contributed by atoms with van der Waals surface area (Å²) < 4.78 is 6.54.